The van der Waals surface area contributed by atoms with Crippen LogP contribution in [0.2, 0.25) is 0 Å². The zero-order valence-corrected chi connectivity index (χ0v) is 8.99. The highest BCUT2D eigenvalue weighted by Crippen LogP contribution is 2.16. The van der Waals surface area contributed by atoms with E-state index < -0.39 is 5.91 Å². The van der Waals surface area contributed by atoms with Crippen LogP contribution in [0.25, 0.3) is 0 Å². The van der Waals surface area contributed by atoms with Gasteiger partial charge in [-0.05, 0) is 30.7 Å². The van der Waals surface area contributed by atoms with Crippen LogP contribution in [0.4, 0.5) is 0 Å². The van der Waals surface area contributed by atoms with E-state index in [9.17, 15) is 14.7 Å². The normalized spacial score (nSPS) is 9.81. The van der Waals surface area contributed by atoms with Crippen LogP contribution >= 0.6 is 0 Å². The Hall–Kier alpha value is -2.04. The van der Waals surface area contributed by atoms with Gasteiger partial charge in [0.05, 0.1) is 0 Å². The van der Waals surface area contributed by atoms with Crippen molar-refractivity contribution in [3.8, 4) is 5.75 Å². The van der Waals surface area contributed by atoms with Crippen molar-refractivity contribution in [3.63, 3.8) is 0 Å². The number of aryl methyl sites for hydroxylation is 1. The summed E-state index contributed by atoms with van der Waals surface area (Å²) in [4.78, 5) is 22.0. The van der Waals surface area contributed by atoms with Crippen LogP contribution < -0.4 is 11.1 Å². The molecule has 0 atom stereocenters. The van der Waals surface area contributed by atoms with E-state index in [1.54, 1.807) is 13.0 Å². The molecule has 0 saturated carbocycles. The van der Waals surface area contributed by atoms with Crippen LogP contribution in [-0.4, -0.2) is 23.5 Å². The van der Waals surface area contributed by atoms with Gasteiger partial charge in [0.25, 0.3) is 5.91 Å². The molecule has 0 spiro atoms. The van der Waals surface area contributed by atoms with E-state index in [1.807, 2.05) is 0 Å². The van der Waals surface area contributed by atoms with E-state index in [0.29, 0.717) is 11.1 Å². The smallest absolute Gasteiger partial charge is 0.251 e. The molecule has 1 aromatic rings. The number of hydrogen-bond donors (Lipinski definition) is 3. The van der Waals surface area contributed by atoms with Crippen LogP contribution in [0.15, 0.2) is 18.2 Å². The maximum atomic E-state index is 11.5. The van der Waals surface area contributed by atoms with Crippen molar-refractivity contribution in [2.75, 3.05) is 6.54 Å². The summed E-state index contributed by atoms with van der Waals surface area (Å²) in [7, 11) is 0. The lowest BCUT2D eigenvalue weighted by Gasteiger charge is -2.05. The minimum absolute atomic E-state index is 0.114. The Morgan fingerprint density at radius 1 is 1.44 bits per heavy atom. The summed E-state index contributed by atoms with van der Waals surface area (Å²) in [6, 6.07) is 4.55. The van der Waals surface area contributed by atoms with Gasteiger partial charge >= 0.3 is 0 Å². The van der Waals surface area contributed by atoms with Crippen LogP contribution in [0.1, 0.15) is 22.3 Å². The second kappa shape index (κ2) is 5.16. The van der Waals surface area contributed by atoms with Crippen molar-refractivity contribution in [2.24, 2.45) is 5.73 Å². The molecule has 0 aromatic heterocycles. The number of amides is 2. The van der Waals surface area contributed by atoms with Crippen molar-refractivity contribution in [1.29, 1.82) is 0 Å². The van der Waals surface area contributed by atoms with Crippen molar-refractivity contribution in [1.82, 2.24) is 5.32 Å². The number of carbonyl (C=O) groups is 2. The number of carbonyl (C=O) groups excluding carboxylic acids is 2. The Morgan fingerprint density at radius 2 is 2.12 bits per heavy atom. The third kappa shape index (κ3) is 3.27. The predicted molar refractivity (Wildman–Crippen MR) is 59.0 cm³/mol. The lowest BCUT2D eigenvalue weighted by molar-refractivity contribution is -0.117. The number of rotatable bonds is 4. The highest BCUT2D eigenvalue weighted by atomic mass is 16.3. The van der Waals surface area contributed by atoms with Crippen molar-refractivity contribution >= 4 is 11.8 Å². The molecule has 0 fully saturated rings. The minimum atomic E-state index is -0.456. The summed E-state index contributed by atoms with van der Waals surface area (Å²) in [5.41, 5.74) is 6.01. The zero-order valence-electron chi connectivity index (χ0n) is 8.99. The third-order valence-corrected chi connectivity index (χ3v) is 2.12. The van der Waals surface area contributed by atoms with Gasteiger partial charge in [-0.1, -0.05) is 0 Å². The fourth-order valence-electron chi connectivity index (χ4n) is 1.20. The molecule has 1 aromatic carbocycles. The van der Waals surface area contributed by atoms with Crippen LogP contribution in [-0.2, 0) is 4.79 Å². The summed E-state index contributed by atoms with van der Waals surface area (Å²) >= 11 is 0. The molecule has 0 bridgehead atoms. The summed E-state index contributed by atoms with van der Waals surface area (Å²) in [6.07, 6.45) is 0.114. The molecule has 2 amide bonds. The number of nitrogens with two attached hydrogens (primary N) is 1. The average Bonchev–Trinajstić information content (AvgIpc) is 2.21. The third-order valence-electron chi connectivity index (χ3n) is 2.12. The molecule has 1 rings (SSSR count). The fraction of sp³-hybridized carbons (Fsp3) is 0.273. The molecule has 4 N–H and O–H groups in total. The molecule has 0 aliphatic rings. The van der Waals surface area contributed by atoms with E-state index in [4.69, 9.17) is 5.73 Å². The second-order valence-electron chi connectivity index (χ2n) is 3.47. The molecule has 5 heteroatoms. The van der Waals surface area contributed by atoms with Gasteiger partial charge in [0.1, 0.15) is 5.75 Å². The summed E-state index contributed by atoms with van der Waals surface area (Å²) in [5, 5.41) is 11.8. The van der Waals surface area contributed by atoms with Gasteiger partial charge in [0.15, 0.2) is 0 Å². The predicted octanol–water partition coefficient (Wildman–Crippen LogP) is 0.306. The number of primary amides is 1. The molecule has 0 unspecified atom stereocenters. The number of nitrogens with one attached hydrogen (secondary N) is 1. The van der Waals surface area contributed by atoms with Crippen molar-refractivity contribution in [3.05, 3.63) is 29.3 Å². The quantitative estimate of drug-likeness (QED) is 0.684. The van der Waals surface area contributed by atoms with Crippen molar-refractivity contribution in [2.45, 2.75) is 13.3 Å². The molecule has 5 nitrogen and oxygen atoms in total. The van der Waals surface area contributed by atoms with Gasteiger partial charge in [0, 0.05) is 18.5 Å². The first-order valence-electron chi connectivity index (χ1n) is 4.87. The Bertz CT molecular complexity index is 416. The van der Waals surface area contributed by atoms with Gasteiger partial charge in [-0.3, -0.25) is 9.59 Å². The minimum Gasteiger partial charge on any atom is -0.508 e. The average molecular weight is 222 g/mol. The molecule has 0 saturated heterocycles. The molecular formula is C11H14N2O3. The summed E-state index contributed by atoms with van der Waals surface area (Å²) in [6.45, 7) is 1.92. The molecular weight excluding hydrogens is 208 g/mol. The molecule has 0 radical (unpaired) electrons. The second-order valence-corrected chi connectivity index (χ2v) is 3.47. The van der Waals surface area contributed by atoms with Gasteiger partial charge in [-0.2, -0.15) is 0 Å². The van der Waals surface area contributed by atoms with Gasteiger partial charge in [-0.25, -0.2) is 0 Å². The fourth-order valence-corrected chi connectivity index (χ4v) is 1.20. The molecule has 0 heterocycles. The Kier molecular flexibility index (Phi) is 3.88. The summed E-state index contributed by atoms with van der Waals surface area (Å²) < 4.78 is 0. The first-order chi connectivity index (χ1) is 7.50. The lowest BCUT2D eigenvalue weighted by Crippen LogP contribution is -2.27. The highest BCUT2D eigenvalue weighted by molar-refractivity contribution is 5.94. The van der Waals surface area contributed by atoms with E-state index >= 15 is 0 Å². The van der Waals surface area contributed by atoms with Gasteiger partial charge in [0.2, 0.25) is 5.91 Å². The van der Waals surface area contributed by atoms with Crippen LogP contribution in [0.5, 0.6) is 5.75 Å². The first kappa shape index (κ1) is 12.0. The lowest BCUT2D eigenvalue weighted by atomic mass is 10.1. The Morgan fingerprint density at radius 3 is 2.69 bits per heavy atom. The maximum Gasteiger partial charge on any atom is 0.251 e. The van der Waals surface area contributed by atoms with Crippen LogP contribution in [0.3, 0.4) is 0 Å². The monoisotopic (exact) mass is 222 g/mol. The van der Waals surface area contributed by atoms with E-state index in [0.717, 1.165) is 0 Å². The number of phenols is 1. The SMILES string of the molecule is Cc1cc(C(=O)NCCC(N)=O)ccc1O. The Balaban J connectivity index is 2.59. The van der Waals surface area contributed by atoms with E-state index in [2.05, 4.69) is 5.32 Å². The van der Waals surface area contributed by atoms with Crippen LogP contribution in [0, 0.1) is 6.92 Å². The molecule has 86 valence electrons. The highest BCUT2D eigenvalue weighted by Gasteiger charge is 2.07. The number of aromatic hydroxyl groups is 1. The number of phenolic OH excluding ortho intramolecular Hbond substituents is 1. The van der Waals surface area contributed by atoms with Crippen molar-refractivity contribution < 1.29 is 14.7 Å². The molecule has 16 heavy (non-hydrogen) atoms. The largest absolute Gasteiger partial charge is 0.508 e. The topological polar surface area (TPSA) is 92.4 Å². The van der Waals surface area contributed by atoms with E-state index in [1.165, 1.54) is 12.1 Å². The number of hydrogen-bond acceptors (Lipinski definition) is 3. The number of benzene rings is 1. The van der Waals surface area contributed by atoms with Gasteiger partial charge in [-0.15, -0.1) is 0 Å². The van der Waals surface area contributed by atoms with Gasteiger partial charge < -0.3 is 16.2 Å². The van der Waals surface area contributed by atoms with E-state index in [-0.39, 0.29) is 24.6 Å². The zero-order chi connectivity index (χ0) is 12.1. The summed E-state index contributed by atoms with van der Waals surface area (Å²) in [5.74, 6) is -0.597. The molecule has 0 aliphatic heterocycles. The maximum absolute atomic E-state index is 11.5. The standard InChI is InChI=1S/C11H14N2O3/c1-7-6-8(2-3-9(7)14)11(16)13-5-4-10(12)15/h2-3,6,14H,4-5H2,1H3,(H2,12,15)(H,13,16). The molecule has 0 aliphatic carbocycles. The first-order valence-corrected chi connectivity index (χ1v) is 4.87. The Labute approximate surface area is 93.3 Å².